The number of hydrogen-bond donors (Lipinski definition) is 2. The van der Waals surface area contributed by atoms with Gasteiger partial charge in [0, 0.05) is 10.5 Å². The molecule has 1 fully saturated rings. The van der Waals surface area contributed by atoms with E-state index in [2.05, 4.69) is 0 Å². The molecule has 1 aliphatic carbocycles. The van der Waals surface area contributed by atoms with E-state index in [-0.39, 0.29) is 22.5 Å². The van der Waals surface area contributed by atoms with Crippen molar-refractivity contribution in [2.45, 2.75) is 56.1 Å². The van der Waals surface area contributed by atoms with Gasteiger partial charge in [0.1, 0.15) is 0 Å². The quantitative estimate of drug-likeness (QED) is 0.779. The topological polar surface area (TPSA) is 57.5 Å². The molecule has 4 heteroatoms. The molecule has 88 valence electrons. The van der Waals surface area contributed by atoms with Gasteiger partial charge in [-0.3, -0.25) is 4.79 Å². The van der Waals surface area contributed by atoms with Crippen LogP contribution in [-0.4, -0.2) is 32.8 Å². The summed E-state index contributed by atoms with van der Waals surface area (Å²) in [6.45, 7) is 3.72. The molecule has 1 aliphatic rings. The van der Waals surface area contributed by atoms with Crippen LogP contribution in [0, 0.1) is 5.92 Å². The first-order valence-electron chi connectivity index (χ1n) is 5.58. The zero-order valence-corrected chi connectivity index (χ0v) is 10.2. The van der Waals surface area contributed by atoms with Crippen molar-refractivity contribution in [3.63, 3.8) is 0 Å². The Morgan fingerprint density at radius 2 is 1.93 bits per heavy atom. The first kappa shape index (κ1) is 12.8. The Labute approximate surface area is 95.3 Å². The van der Waals surface area contributed by atoms with Gasteiger partial charge in [-0.2, -0.15) is 11.8 Å². The fraction of sp³-hybridized carbons (Fsp3) is 0.909. The van der Waals surface area contributed by atoms with Crippen LogP contribution < -0.4 is 0 Å². The number of carboxylic acids is 1. The molecule has 1 saturated carbocycles. The monoisotopic (exact) mass is 232 g/mol. The first-order chi connectivity index (χ1) is 7.02. The van der Waals surface area contributed by atoms with Crippen LogP contribution in [0.1, 0.15) is 39.5 Å². The number of hydrogen-bond acceptors (Lipinski definition) is 3. The zero-order chi connectivity index (χ0) is 11.4. The lowest BCUT2D eigenvalue weighted by atomic mass is 9.89. The normalized spacial score (nSPS) is 30.9. The molecule has 0 radical (unpaired) electrons. The first-order valence-corrected chi connectivity index (χ1v) is 6.53. The highest BCUT2D eigenvalue weighted by molar-refractivity contribution is 8.00. The van der Waals surface area contributed by atoms with E-state index >= 15 is 0 Å². The van der Waals surface area contributed by atoms with Crippen molar-refractivity contribution in [1.82, 2.24) is 0 Å². The Kier molecular flexibility index (Phi) is 4.93. The Balaban J connectivity index is 2.53. The van der Waals surface area contributed by atoms with Gasteiger partial charge < -0.3 is 10.2 Å². The van der Waals surface area contributed by atoms with Gasteiger partial charge in [-0.25, -0.2) is 0 Å². The van der Waals surface area contributed by atoms with Crippen LogP contribution in [0.2, 0.25) is 0 Å². The smallest absolute Gasteiger partial charge is 0.307 e. The molecule has 0 spiro atoms. The number of aliphatic carboxylic acids is 1. The average Bonchev–Trinajstić information content (AvgIpc) is 2.18. The Morgan fingerprint density at radius 3 is 2.47 bits per heavy atom. The number of thioether (sulfide) groups is 1. The summed E-state index contributed by atoms with van der Waals surface area (Å²) < 4.78 is 0. The minimum atomic E-state index is -0.676. The molecule has 4 atom stereocenters. The molecule has 1 rings (SSSR count). The summed E-state index contributed by atoms with van der Waals surface area (Å²) in [7, 11) is 0. The number of carboxylic acid groups (broad SMARTS) is 1. The highest BCUT2D eigenvalue weighted by atomic mass is 32.2. The molecule has 0 bridgehead atoms. The van der Waals surface area contributed by atoms with Gasteiger partial charge in [0.05, 0.1) is 12.0 Å². The number of carbonyl (C=O) groups is 1. The molecule has 15 heavy (non-hydrogen) atoms. The van der Waals surface area contributed by atoms with E-state index in [1.54, 1.807) is 18.7 Å². The number of aliphatic hydroxyl groups is 1. The average molecular weight is 232 g/mol. The minimum absolute atomic E-state index is 0.120. The fourth-order valence-electron chi connectivity index (χ4n) is 1.93. The number of rotatable bonds is 4. The minimum Gasteiger partial charge on any atom is -0.481 e. The van der Waals surface area contributed by atoms with E-state index < -0.39 is 5.97 Å². The molecular weight excluding hydrogens is 212 g/mol. The van der Waals surface area contributed by atoms with E-state index in [0.717, 1.165) is 25.7 Å². The van der Waals surface area contributed by atoms with E-state index in [9.17, 15) is 9.90 Å². The van der Waals surface area contributed by atoms with Crippen molar-refractivity contribution >= 4 is 17.7 Å². The van der Waals surface area contributed by atoms with Gasteiger partial charge in [-0.15, -0.1) is 0 Å². The predicted molar refractivity (Wildman–Crippen MR) is 62.1 cm³/mol. The molecule has 0 heterocycles. The molecule has 0 saturated heterocycles. The Bertz CT molecular complexity index is 218. The number of aliphatic hydroxyl groups excluding tert-OH is 1. The molecule has 0 aromatic heterocycles. The lowest BCUT2D eigenvalue weighted by Crippen LogP contribution is -2.32. The van der Waals surface area contributed by atoms with Crippen LogP contribution in [0.3, 0.4) is 0 Å². The van der Waals surface area contributed by atoms with Gasteiger partial charge >= 0.3 is 5.97 Å². The van der Waals surface area contributed by atoms with Crippen molar-refractivity contribution in [2.24, 2.45) is 5.92 Å². The maximum Gasteiger partial charge on any atom is 0.307 e. The zero-order valence-electron chi connectivity index (χ0n) is 9.35. The Morgan fingerprint density at radius 1 is 1.33 bits per heavy atom. The second-order valence-corrected chi connectivity index (χ2v) is 5.97. The lowest BCUT2D eigenvalue weighted by molar-refractivity contribution is -0.142. The maximum absolute atomic E-state index is 11.0. The van der Waals surface area contributed by atoms with Gasteiger partial charge in [0.15, 0.2) is 0 Å². The molecule has 0 aromatic carbocycles. The van der Waals surface area contributed by atoms with E-state index in [1.807, 2.05) is 6.92 Å². The predicted octanol–water partition coefficient (Wildman–Crippen LogP) is 2.13. The summed E-state index contributed by atoms with van der Waals surface area (Å²) in [5, 5.41) is 18.8. The summed E-state index contributed by atoms with van der Waals surface area (Å²) in [5.41, 5.74) is 0. The van der Waals surface area contributed by atoms with Crippen LogP contribution in [-0.2, 0) is 4.79 Å². The molecule has 3 nitrogen and oxygen atoms in total. The molecule has 4 unspecified atom stereocenters. The van der Waals surface area contributed by atoms with E-state index in [0.29, 0.717) is 0 Å². The van der Waals surface area contributed by atoms with Crippen LogP contribution in [0.5, 0.6) is 0 Å². The summed E-state index contributed by atoms with van der Waals surface area (Å²) >= 11 is 1.63. The van der Waals surface area contributed by atoms with Crippen molar-refractivity contribution in [3.05, 3.63) is 0 Å². The lowest BCUT2D eigenvalue weighted by Gasteiger charge is -2.30. The van der Waals surface area contributed by atoms with Crippen molar-refractivity contribution in [3.8, 4) is 0 Å². The maximum atomic E-state index is 11.0. The highest BCUT2D eigenvalue weighted by Gasteiger charge is 2.32. The highest BCUT2D eigenvalue weighted by Crippen LogP contribution is 2.36. The third kappa shape index (κ3) is 3.68. The van der Waals surface area contributed by atoms with Gasteiger partial charge in [-0.1, -0.05) is 19.8 Å². The van der Waals surface area contributed by atoms with Gasteiger partial charge in [0.25, 0.3) is 0 Å². The molecule has 0 aliphatic heterocycles. The molecule has 0 amide bonds. The van der Waals surface area contributed by atoms with E-state index in [4.69, 9.17) is 5.11 Å². The van der Waals surface area contributed by atoms with Crippen LogP contribution in [0.4, 0.5) is 0 Å². The standard InChI is InChI=1S/C11H20O3S/c1-7(12)8(2)15-10-6-4-3-5-9(10)11(13)14/h7-10,12H,3-6H2,1-2H3,(H,13,14). The van der Waals surface area contributed by atoms with Gasteiger partial charge in [-0.05, 0) is 19.8 Å². The van der Waals surface area contributed by atoms with Gasteiger partial charge in [0.2, 0.25) is 0 Å². The van der Waals surface area contributed by atoms with Crippen LogP contribution >= 0.6 is 11.8 Å². The summed E-state index contributed by atoms with van der Waals surface area (Å²) in [6.07, 6.45) is 3.54. The second-order valence-electron chi connectivity index (χ2n) is 4.35. The molecule has 0 aromatic rings. The van der Waals surface area contributed by atoms with Crippen molar-refractivity contribution in [1.29, 1.82) is 0 Å². The van der Waals surface area contributed by atoms with Crippen LogP contribution in [0.25, 0.3) is 0 Å². The van der Waals surface area contributed by atoms with E-state index in [1.165, 1.54) is 0 Å². The van der Waals surface area contributed by atoms with Crippen LogP contribution in [0.15, 0.2) is 0 Å². The second kappa shape index (κ2) is 5.75. The summed E-state index contributed by atoms with van der Waals surface area (Å²) in [5.74, 6) is -0.894. The summed E-state index contributed by atoms with van der Waals surface area (Å²) in [4.78, 5) is 11.0. The fourth-order valence-corrected chi connectivity index (χ4v) is 3.46. The third-order valence-corrected chi connectivity index (χ3v) is 4.83. The molecule has 2 N–H and O–H groups in total. The Hall–Kier alpha value is -0.220. The van der Waals surface area contributed by atoms with Crippen molar-refractivity contribution in [2.75, 3.05) is 0 Å². The van der Waals surface area contributed by atoms with Crippen molar-refractivity contribution < 1.29 is 15.0 Å². The summed E-state index contributed by atoms with van der Waals surface area (Å²) in [6, 6.07) is 0. The largest absolute Gasteiger partial charge is 0.481 e. The molecular formula is C11H20O3S. The third-order valence-electron chi connectivity index (χ3n) is 3.09. The SMILES string of the molecule is CC(O)C(C)SC1CCCCC1C(=O)O.